The highest BCUT2D eigenvalue weighted by Crippen LogP contribution is 2.31. The van der Waals surface area contributed by atoms with Gasteiger partial charge in [0, 0.05) is 41.1 Å². The van der Waals surface area contributed by atoms with Crippen LogP contribution in [-0.2, 0) is 14.8 Å². The van der Waals surface area contributed by atoms with Crippen molar-refractivity contribution < 1.29 is 13.2 Å². The van der Waals surface area contributed by atoms with Crippen LogP contribution in [0.1, 0.15) is 18.5 Å². The molecule has 1 aromatic heterocycles. The van der Waals surface area contributed by atoms with E-state index in [2.05, 4.69) is 15.3 Å². The quantitative estimate of drug-likeness (QED) is 0.525. The zero-order valence-electron chi connectivity index (χ0n) is 18.2. The van der Waals surface area contributed by atoms with E-state index in [9.17, 15) is 18.0 Å². The lowest BCUT2D eigenvalue weighted by Gasteiger charge is -2.31. The van der Waals surface area contributed by atoms with Crippen LogP contribution < -0.4 is 10.9 Å². The summed E-state index contributed by atoms with van der Waals surface area (Å²) in [4.78, 5) is 31.7. The number of nitrogens with zero attached hydrogens (tertiary/aromatic N) is 2. The fourth-order valence-corrected chi connectivity index (χ4v) is 6.15. The van der Waals surface area contributed by atoms with Crippen LogP contribution in [-0.4, -0.2) is 41.7 Å². The molecule has 2 N–H and O–H groups in total. The number of carbonyl (C=O) groups excluding carboxylic acids is 1. The third kappa shape index (κ3) is 5.33. The molecule has 1 unspecified atom stereocenters. The molecule has 1 fully saturated rings. The summed E-state index contributed by atoms with van der Waals surface area (Å²) in [5.74, 6) is -0.434. The summed E-state index contributed by atoms with van der Waals surface area (Å²) < 4.78 is 27.6. The summed E-state index contributed by atoms with van der Waals surface area (Å²) in [6.45, 7) is 2.05. The van der Waals surface area contributed by atoms with Gasteiger partial charge in [0.15, 0.2) is 0 Å². The minimum atomic E-state index is -3.91. The van der Waals surface area contributed by atoms with Gasteiger partial charge in [0.2, 0.25) is 15.9 Å². The van der Waals surface area contributed by atoms with E-state index in [0.29, 0.717) is 35.6 Å². The summed E-state index contributed by atoms with van der Waals surface area (Å²) >= 11 is 12.1. The molecule has 1 aliphatic heterocycles. The van der Waals surface area contributed by atoms with Gasteiger partial charge in [-0.1, -0.05) is 35.3 Å². The van der Waals surface area contributed by atoms with Crippen LogP contribution in [0.3, 0.4) is 0 Å². The second kappa shape index (κ2) is 9.87. The number of hydrogen-bond donors (Lipinski definition) is 2. The van der Waals surface area contributed by atoms with Gasteiger partial charge < -0.3 is 10.3 Å². The first-order valence-corrected chi connectivity index (χ1v) is 12.8. The zero-order valence-corrected chi connectivity index (χ0v) is 20.5. The van der Waals surface area contributed by atoms with E-state index in [-0.39, 0.29) is 39.5 Å². The van der Waals surface area contributed by atoms with E-state index in [1.807, 2.05) is 0 Å². The van der Waals surface area contributed by atoms with Gasteiger partial charge in [-0.3, -0.25) is 9.59 Å². The lowest BCUT2D eigenvalue weighted by molar-refractivity contribution is -0.120. The minimum absolute atomic E-state index is 0.0312. The molecular weight excluding hydrogens is 499 g/mol. The largest absolute Gasteiger partial charge is 0.326 e. The molecule has 1 aliphatic rings. The third-order valence-electron chi connectivity index (χ3n) is 5.54. The average Bonchev–Trinajstić information content (AvgIpc) is 2.80. The Morgan fingerprint density at radius 3 is 2.74 bits per heavy atom. The molecular formula is C23H22Cl2N4O4S. The molecule has 1 amide bonds. The number of H-pyrrole nitrogens is 1. The van der Waals surface area contributed by atoms with E-state index in [1.165, 1.54) is 28.6 Å². The van der Waals surface area contributed by atoms with Crippen molar-refractivity contribution in [2.45, 2.75) is 24.7 Å². The maximum absolute atomic E-state index is 13.2. The highest BCUT2D eigenvalue weighted by Gasteiger charge is 2.34. The standard InChI is InChI=1S/C23H22Cl2N4O4S/c1-14-10-21(30)28-22(26-14)15-4-2-6-18(11-15)27-23(31)16-5-3-9-29(13-16)34(32,33)20-12-17(24)7-8-19(20)25/h2,4,6-8,10-12,16H,3,5,9,13H2,1H3,(H,27,31)(H,26,28,30). The summed E-state index contributed by atoms with van der Waals surface area (Å²) in [5, 5.41) is 3.20. The van der Waals surface area contributed by atoms with E-state index < -0.39 is 15.9 Å². The van der Waals surface area contributed by atoms with E-state index >= 15 is 0 Å². The number of sulfonamides is 1. The molecule has 4 rings (SSSR count). The van der Waals surface area contributed by atoms with Gasteiger partial charge in [-0.25, -0.2) is 13.4 Å². The molecule has 8 nitrogen and oxygen atoms in total. The molecule has 178 valence electrons. The Labute approximate surface area is 207 Å². The van der Waals surface area contributed by atoms with Crippen molar-refractivity contribution in [1.82, 2.24) is 14.3 Å². The van der Waals surface area contributed by atoms with Crippen LogP contribution in [0.4, 0.5) is 5.69 Å². The van der Waals surface area contributed by atoms with Crippen molar-refractivity contribution in [3.8, 4) is 11.4 Å². The molecule has 0 bridgehead atoms. The van der Waals surface area contributed by atoms with Gasteiger partial charge >= 0.3 is 0 Å². The smallest absolute Gasteiger partial charge is 0.251 e. The fourth-order valence-electron chi connectivity index (χ4n) is 3.89. The Morgan fingerprint density at radius 1 is 1.18 bits per heavy atom. The SMILES string of the molecule is Cc1cc(=O)[nH]c(-c2cccc(NC(=O)C3CCCN(S(=O)(=O)c4cc(Cl)ccc4Cl)C3)c2)n1. The zero-order chi connectivity index (χ0) is 24.5. The first kappa shape index (κ1) is 24.4. The number of benzene rings is 2. The van der Waals surface area contributed by atoms with Crippen molar-refractivity contribution in [2.24, 2.45) is 5.92 Å². The van der Waals surface area contributed by atoms with Gasteiger partial charge in [-0.05, 0) is 50.1 Å². The van der Waals surface area contributed by atoms with Gasteiger partial charge in [0.05, 0.1) is 10.9 Å². The van der Waals surface area contributed by atoms with Crippen molar-refractivity contribution in [3.05, 3.63) is 74.6 Å². The molecule has 0 radical (unpaired) electrons. The Morgan fingerprint density at radius 2 is 1.97 bits per heavy atom. The molecule has 11 heteroatoms. The fraction of sp³-hybridized carbons (Fsp3) is 0.261. The molecule has 0 aliphatic carbocycles. The van der Waals surface area contributed by atoms with Crippen LogP contribution in [0.25, 0.3) is 11.4 Å². The minimum Gasteiger partial charge on any atom is -0.326 e. The number of halogens is 2. The summed E-state index contributed by atoms with van der Waals surface area (Å²) in [6, 6.07) is 12.6. The monoisotopic (exact) mass is 520 g/mol. The van der Waals surface area contributed by atoms with E-state index in [0.717, 1.165) is 0 Å². The first-order chi connectivity index (χ1) is 16.1. The van der Waals surface area contributed by atoms with Crippen molar-refractivity contribution in [2.75, 3.05) is 18.4 Å². The molecule has 2 aromatic carbocycles. The van der Waals surface area contributed by atoms with Crippen molar-refractivity contribution in [1.29, 1.82) is 0 Å². The summed E-state index contributed by atoms with van der Waals surface area (Å²) in [7, 11) is -3.91. The average molecular weight is 521 g/mol. The number of aryl methyl sites for hydroxylation is 1. The Bertz CT molecular complexity index is 1410. The Balaban J connectivity index is 1.51. The number of anilines is 1. The van der Waals surface area contributed by atoms with Crippen LogP contribution in [0.5, 0.6) is 0 Å². The van der Waals surface area contributed by atoms with Crippen LogP contribution in [0, 0.1) is 12.8 Å². The predicted octanol–water partition coefficient (Wildman–Crippen LogP) is 4.09. The van der Waals surface area contributed by atoms with Gasteiger partial charge in [-0.15, -0.1) is 0 Å². The number of aromatic nitrogens is 2. The second-order valence-electron chi connectivity index (χ2n) is 8.08. The lowest BCUT2D eigenvalue weighted by Crippen LogP contribution is -2.43. The molecule has 0 spiro atoms. The van der Waals surface area contributed by atoms with E-state index in [4.69, 9.17) is 23.2 Å². The van der Waals surface area contributed by atoms with Crippen molar-refractivity contribution >= 4 is 44.8 Å². The third-order valence-corrected chi connectivity index (χ3v) is 8.12. The molecule has 34 heavy (non-hydrogen) atoms. The number of aromatic amines is 1. The summed E-state index contributed by atoms with van der Waals surface area (Å²) in [5.41, 5.74) is 1.48. The number of rotatable bonds is 5. The van der Waals surface area contributed by atoms with Gasteiger partial charge in [-0.2, -0.15) is 4.31 Å². The Kier molecular flexibility index (Phi) is 7.09. The van der Waals surface area contributed by atoms with Crippen LogP contribution in [0.15, 0.2) is 58.2 Å². The second-order valence-corrected chi connectivity index (χ2v) is 10.8. The van der Waals surface area contributed by atoms with Crippen molar-refractivity contribution in [3.63, 3.8) is 0 Å². The number of carbonyl (C=O) groups is 1. The summed E-state index contributed by atoms with van der Waals surface area (Å²) in [6.07, 6.45) is 1.08. The molecule has 1 saturated heterocycles. The van der Waals surface area contributed by atoms with E-state index in [1.54, 1.807) is 31.2 Å². The number of amides is 1. The maximum Gasteiger partial charge on any atom is 0.251 e. The van der Waals surface area contributed by atoms with Gasteiger partial charge in [0.1, 0.15) is 10.7 Å². The number of hydrogen-bond acceptors (Lipinski definition) is 5. The lowest BCUT2D eigenvalue weighted by atomic mass is 9.98. The van der Waals surface area contributed by atoms with Crippen LogP contribution >= 0.6 is 23.2 Å². The molecule has 2 heterocycles. The molecule has 3 aromatic rings. The topological polar surface area (TPSA) is 112 Å². The number of piperidine rings is 1. The first-order valence-electron chi connectivity index (χ1n) is 10.6. The Hall–Kier alpha value is -2.72. The molecule has 0 saturated carbocycles. The maximum atomic E-state index is 13.2. The van der Waals surface area contributed by atoms with Gasteiger partial charge in [0.25, 0.3) is 5.56 Å². The molecule has 1 atom stereocenters. The van der Waals surface area contributed by atoms with Crippen LogP contribution in [0.2, 0.25) is 10.0 Å². The predicted molar refractivity (Wildman–Crippen MR) is 132 cm³/mol. The number of nitrogens with one attached hydrogen (secondary N) is 2. The normalized spacial score (nSPS) is 16.9. The highest BCUT2D eigenvalue weighted by molar-refractivity contribution is 7.89. The highest BCUT2D eigenvalue weighted by atomic mass is 35.5.